The minimum Gasteiger partial charge on any atom is -0.497 e. The molecule has 0 spiro atoms. The van der Waals surface area contributed by atoms with Crippen LogP contribution in [0.2, 0.25) is 0 Å². The fraction of sp³-hybridized carbons (Fsp3) is 0.359. The van der Waals surface area contributed by atoms with E-state index in [4.69, 9.17) is 9.47 Å². The molecule has 2 aliphatic heterocycles. The SMILES string of the molecule is COc1ccc(C(=O)c2ccc(Oc3ccc(C)c(N4CCC(CC5CCN(c6ccccc6C)CC5)CC4)c3)cc2)cc1. The number of ketones is 1. The molecule has 4 aromatic rings. The molecule has 2 heterocycles. The lowest BCUT2D eigenvalue weighted by atomic mass is 9.82. The lowest BCUT2D eigenvalue weighted by molar-refractivity contribution is 0.103. The molecule has 0 unspecified atom stereocenters. The molecule has 6 rings (SSSR count). The molecule has 44 heavy (non-hydrogen) atoms. The van der Waals surface area contributed by atoms with Gasteiger partial charge in [-0.15, -0.1) is 0 Å². The molecule has 0 bridgehead atoms. The number of piperidine rings is 2. The highest BCUT2D eigenvalue weighted by Gasteiger charge is 2.26. The predicted octanol–water partition coefficient (Wildman–Crippen LogP) is 8.86. The van der Waals surface area contributed by atoms with Gasteiger partial charge in [0.1, 0.15) is 17.2 Å². The van der Waals surface area contributed by atoms with Crippen LogP contribution in [0, 0.1) is 25.7 Å². The first-order valence-corrected chi connectivity index (χ1v) is 16.1. The smallest absolute Gasteiger partial charge is 0.193 e. The van der Waals surface area contributed by atoms with Gasteiger partial charge in [0, 0.05) is 54.7 Å². The second-order valence-corrected chi connectivity index (χ2v) is 12.5. The van der Waals surface area contributed by atoms with E-state index < -0.39 is 0 Å². The van der Waals surface area contributed by atoms with Crippen molar-refractivity contribution in [2.75, 3.05) is 43.1 Å². The summed E-state index contributed by atoms with van der Waals surface area (Å²) in [6, 6.07) is 29.7. The van der Waals surface area contributed by atoms with Gasteiger partial charge < -0.3 is 19.3 Å². The summed E-state index contributed by atoms with van der Waals surface area (Å²) in [7, 11) is 1.62. The van der Waals surface area contributed by atoms with Crippen LogP contribution in [0.15, 0.2) is 91.0 Å². The Morgan fingerprint density at radius 1 is 0.636 bits per heavy atom. The first-order chi connectivity index (χ1) is 21.5. The van der Waals surface area contributed by atoms with E-state index in [0.717, 1.165) is 42.2 Å². The monoisotopic (exact) mass is 588 g/mol. The molecule has 5 heteroatoms. The molecular weight excluding hydrogens is 544 g/mol. The Labute approximate surface area is 262 Å². The Morgan fingerprint density at radius 2 is 1.14 bits per heavy atom. The normalized spacial score (nSPS) is 16.2. The van der Waals surface area contributed by atoms with Crippen LogP contribution in [0.5, 0.6) is 17.2 Å². The van der Waals surface area contributed by atoms with Crippen LogP contribution in [0.25, 0.3) is 0 Å². The number of methoxy groups -OCH3 is 1. The molecule has 0 saturated carbocycles. The number of anilines is 2. The molecule has 2 saturated heterocycles. The number of aryl methyl sites for hydroxylation is 2. The topological polar surface area (TPSA) is 42.0 Å². The standard InChI is InChI=1S/C39H44N2O3/c1-28-6-4-5-7-37(28)40-22-18-30(19-23-40)26-31-20-24-41(25-21-31)38-27-36(13-8-29(38)2)44-35-16-11-33(12-17-35)39(42)32-9-14-34(43-3)15-10-32/h4-17,27,30-31H,18-26H2,1-3H3. The molecule has 0 amide bonds. The third-order valence-corrected chi connectivity index (χ3v) is 9.58. The van der Waals surface area contributed by atoms with Gasteiger partial charge in [-0.05, 0) is 130 Å². The Balaban J connectivity index is 1.01. The summed E-state index contributed by atoms with van der Waals surface area (Å²) < 4.78 is 11.4. The molecule has 0 atom stereocenters. The summed E-state index contributed by atoms with van der Waals surface area (Å²) in [4.78, 5) is 18.0. The number of hydrogen-bond acceptors (Lipinski definition) is 5. The maximum atomic E-state index is 12.9. The second-order valence-electron chi connectivity index (χ2n) is 12.5. The van der Waals surface area contributed by atoms with E-state index in [0.29, 0.717) is 11.1 Å². The molecule has 5 nitrogen and oxygen atoms in total. The second kappa shape index (κ2) is 13.6. The molecule has 0 N–H and O–H groups in total. The zero-order valence-corrected chi connectivity index (χ0v) is 26.3. The van der Waals surface area contributed by atoms with Crippen LogP contribution < -0.4 is 19.3 Å². The van der Waals surface area contributed by atoms with E-state index in [1.54, 1.807) is 31.4 Å². The third-order valence-electron chi connectivity index (χ3n) is 9.58. The number of rotatable bonds is 9. The number of nitrogens with zero attached hydrogens (tertiary/aromatic N) is 2. The fourth-order valence-electron chi connectivity index (χ4n) is 6.92. The van der Waals surface area contributed by atoms with Gasteiger partial charge in [-0.3, -0.25) is 4.79 Å². The maximum absolute atomic E-state index is 12.9. The van der Waals surface area contributed by atoms with Crippen LogP contribution >= 0.6 is 0 Å². The highest BCUT2D eigenvalue weighted by Crippen LogP contribution is 2.35. The number of ether oxygens (including phenoxy) is 2. The van der Waals surface area contributed by atoms with Gasteiger partial charge in [0.2, 0.25) is 0 Å². The zero-order valence-electron chi connectivity index (χ0n) is 26.3. The van der Waals surface area contributed by atoms with Crippen LogP contribution in [-0.2, 0) is 0 Å². The van der Waals surface area contributed by atoms with E-state index >= 15 is 0 Å². The number of hydrogen-bond donors (Lipinski definition) is 0. The Bertz CT molecular complexity index is 1550. The van der Waals surface area contributed by atoms with Crippen molar-refractivity contribution < 1.29 is 14.3 Å². The third kappa shape index (κ3) is 6.93. The highest BCUT2D eigenvalue weighted by molar-refractivity contribution is 6.09. The van der Waals surface area contributed by atoms with E-state index in [1.807, 2.05) is 30.3 Å². The van der Waals surface area contributed by atoms with Crippen molar-refractivity contribution in [2.45, 2.75) is 46.0 Å². The molecule has 4 aromatic carbocycles. The van der Waals surface area contributed by atoms with Crippen molar-refractivity contribution in [3.63, 3.8) is 0 Å². The van der Waals surface area contributed by atoms with E-state index in [1.165, 1.54) is 67.7 Å². The maximum Gasteiger partial charge on any atom is 0.193 e. The van der Waals surface area contributed by atoms with Crippen LogP contribution in [0.4, 0.5) is 11.4 Å². The number of carbonyl (C=O) groups excluding carboxylic acids is 1. The van der Waals surface area contributed by atoms with Gasteiger partial charge in [0.05, 0.1) is 7.11 Å². The molecule has 0 radical (unpaired) electrons. The van der Waals surface area contributed by atoms with Gasteiger partial charge in [-0.1, -0.05) is 24.3 Å². The van der Waals surface area contributed by atoms with Gasteiger partial charge in [0.25, 0.3) is 0 Å². The van der Waals surface area contributed by atoms with E-state index in [-0.39, 0.29) is 5.78 Å². The highest BCUT2D eigenvalue weighted by atomic mass is 16.5. The minimum absolute atomic E-state index is 0.0204. The van der Waals surface area contributed by atoms with Gasteiger partial charge in [0.15, 0.2) is 5.78 Å². The average Bonchev–Trinajstić information content (AvgIpc) is 3.07. The molecule has 0 aromatic heterocycles. The average molecular weight is 589 g/mol. The number of benzene rings is 4. The fourth-order valence-corrected chi connectivity index (χ4v) is 6.92. The summed E-state index contributed by atoms with van der Waals surface area (Å²) in [5, 5.41) is 0. The van der Waals surface area contributed by atoms with Crippen LogP contribution in [0.1, 0.15) is 59.2 Å². The summed E-state index contributed by atoms with van der Waals surface area (Å²) in [5.41, 5.74) is 6.61. The zero-order chi connectivity index (χ0) is 30.5. The lowest BCUT2D eigenvalue weighted by Gasteiger charge is -2.39. The van der Waals surface area contributed by atoms with Crippen molar-refractivity contribution in [1.29, 1.82) is 0 Å². The molecular formula is C39H44N2O3. The number of carbonyl (C=O) groups is 1. The molecule has 0 aliphatic carbocycles. The number of para-hydroxylation sites is 1. The lowest BCUT2D eigenvalue weighted by Crippen LogP contribution is -2.37. The van der Waals surface area contributed by atoms with Gasteiger partial charge in [-0.25, -0.2) is 0 Å². The van der Waals surface area contributed by atoms with Crippen molar-refractivity contribution >= 4 is 17.2 Å². The molecule has 228 valence electrons. The largest absolute Gasteiger partial charge is 0.497 e. The van der Waals surface area contributed by atoms with Crippen molar-refractivity contribution in [1.82, 2.24) is 0 Å². The first kappa shape index (κ1) is 29.8. The molecule has 2 fully saturated rings. The summed E-state index contributed by atoms with van der Waals surface area (Å²) in [6.07, 6.45) is 6.50. The quantitative estimate of drug-likeness (QED) is 0.183. The van der Waals surface area contributed by atoms with Crippen LogP contribution in [-0.4, -0.2) is 39.1 Å². The van der Waals surface area contributed by atoms with Crippen LogP contribution in [0.3, 0.4) is 0 Å². The summed E-state index contributed by atoms with van der Waals surface area (Å²) in [5.74, 6) is 3.93. The Morgan fingerprint density at radius 3 is 1.70 bits per heavy atom. The van der Waals surface area contributed by atoms with E-state index in [2.05, 4.69) is 60.0 Å². The minimum atomic E-state index is -0.0204. The van der Waals surface area contributed by atoms with Crippen molar-refractivity contribution in [2.24, 2.45) is 11.8 Å². The summed E-state index contributed by atoms with van der Waals surface area (Å²) >= 11 is 0. The predicted molar refractivity (Wildman–Crippen MR) is 180 cm³/mol. The van der Waals surface area contributed by atoms with Crippen molar-refractivity contribution in [3.8, 4) is 17.2 Å². The van der Waals surface area contributed by atoms with Gasteiger partial charge in [-0.2, -0.15) is 0 Å². The summed E-state index contributed by atoms with van der Waals surface area (Å²) in [6.45, 7) is 8.97. The van der Waals surface area contributed by atoms with E-state index in [9.17, 15) is 4.79 Å². The van der Waals surface area contributed by atoms with Crippen molar-refractivity contribution in [3.05, 3.63) is 113 Å². The Hall–Kier alpha value is -4.25. The van der Waals surface area contributed by atoms with Gasteiger partial charge >= 0.3 is 0 Å². The Kier molecular flexibility index (Phi) is 9.20. The first-order valence-electron chi connectivity index (χ1n) is 16.1. The molecule has 2 aliphatic rings.